The predicted molar refractivity (Wildman–Crippen MR) is 121 cm³/mol. The summed E-state index contributed by atoms with van der Waals surface area (Å²) in [5, 5.41) is 0. The summed E-state index contributed by atoms with van der Waals surface area (Å²) in [5.74, 6) is -1.12. The molecular formula is C23H27N3O5S. The van der Waals surface area contributed by atoms with Crippen molar-refractivity contribution in [2.45, 2.75) is 25.8 Å². The number of imidazole rings is 1. The van der Waals surface area contributed by atoms with Crippen LogP contribution >= 0.6 is 0 Å². The molecule has 0 fully saturated rings. The Labute approximate surface area is 187 Å². The number of nitrogens with zero attached hydrogens (tertiary/aromatic N) is 3. The fourth-order valence-electron chi connectivity index (χ4n) is 3.55. The van der Waals surface area contributed by atoms with Gasteiger partial charge < -0.3 is 14.2 Å². The minimum Gasteiger partial charge on any atom is -0.469 e. The number of rotatable bonds is 9. The molecule has 170 valence electrons. The van der Waals surface area contributed by atoms with E-state index < -0.39 is 21.7 Å². The molecular weight excluding hydrogens is 430 g/mol. The zero-order valence-electron chi connectivity index (χ0n) is 18.4. The Kier molecular flexibility index (Phi) is 7.29. The van der Waals surface area contributed by atoms with Gasteiger partial charge in [0.1, 0.15) is 18.1 Å². The number of aromatic nitrogens is 2. The highest BCUT2D eigenvalue weighted by Crippen LogP contribution is 2.19. The molecule has 0 N–H and O–H groups in total. The van der Waals surface area contributed by atoms with E-state index in [0.717, 1.165) is 11.8 Å². The van der Waals surface area contributed by atoms with Gasteiger partial charge in [0, 0.05) is 19.3 Å². The number of esters is 1. The van der Waals surface area contributed by atoms with Crippen LogP contribution in [0.3, 0.4) is 0 Å². The van der Waals surface area contributed by atoms with Gasteiger partial charge in [-0.3, -0.25) is 9.59 Å². The number of hydrogen-bond donors (Lipinski definition) is 0. The molecule has 0 aliphatic carbocycles. The van der Waals surface area contributed by atoms with Crippen molar-refractivity contribution < 1.29 is 22.7 Å². The SMILES string of the molecule is COC(=O)C(C)CN(Cc1ccccc1)C(=O)Cn1c(CS(C)(=O)=O)nc2ccccc21. The summed E-state index contributed by atoms with van der Waals surface area (Å²) < 4.78 is 30.3. The quantitative estimate of drug-likeness (QED) is 0.458. The van der Waals surface area contributed by atoms with Gasteiger partial charge in [0.05, 0.1) is 24.1 Å². The van der Waals surface area contributed by atoms with Crippen LogP contribution in [0.4, 0.5) is 0 Å². The molecule has 1 amide bonds. The topological polar surface area (TPSA) is 98.6 Å². The van der Waals surface area contributed by atoms with Gasteiger partial charge in [-0.15, -0.1) is 0 Å². The van der Waals surface area contributed by atoms with Gasteiger partial charge in [-0.05, 0) is 17.7 Å². The molecule has 1 aromatic heterocycles. The molecule has 32 heavy (non-hydrogen) atoms. The second-order valence-corrected chi connectivity index (χ2v) is 10.00. The molecule has 3 aromatic rings. The fraction of sp³-hybridized carbons (Fsp3) is 0.348. The van der Waals surface area contributed by atoms with Crippen molar-refractivity contribution in [3.63, 3.8) is 0 Å². The van der Waals surface area contributed by atoms with Gasteiger partial charge in [-0.25, -0.2) is 13.4 Å². The maximum absolute atomic E-state index is 13.4. The molecule has 1 atom stereocenters. The van der Waals surface area contributed by atoms with E-state index in [9.17, 15) is 18.0 Å². The van der Waals surface area contributed by atoms with E-state index in [4.69, 9.17) is 4.74 Å². The number of benzene rings is 2. The zero-order chi connectivity index (χ0) is 23.3. The summed E-state index contributed by atoms with van der Waals surface area (Å²) in [4.78, 5) is 31.4. The van der Waals surface area contributed by atoms with Crippen molar-refractivity contribution >= 4 is 32.7 Å². The Morgan fingerprint density at radius 1 is 1.09 bits per heavy atom. The molecule has 0 saturated heterocycles. The first kappa shape index (κ1) is 23.5. The normalized spacial score (nSPS) is 12.5. The largest absolute Gasteiger partial charge is 0.469 e. The third-order valence-electron chi connectivity index (χ3n) is 5.09. The Bertz CT molecular complexity index is 1200. The van der Waals surface area contributed by atoms with Gasteiger partial charge in [-0.2, -0.15) is 0 Å². The average Bonchev–Trinajstić information content (AvgIpc) is 3.08. The molecule has 0 spiro atoms. The van der Waals surface area contributed by atoms with Gasteiger partial charge in [0.25, 0.3) is 0 Å². The first-order valence-electron chi connectivity index (χ1n) is 10.2. The van der Waals surface area contributed by atoms with E-state index in [-0.39, 0.29) is 24.7 Å². The highest BCUT2D eigenvalue weighted by molar-refractivity contribution is 7.89. The van der Waals surface area contributed by atoms with E-state index in [1.807, 2.05) is 42.5 Å². The minimum atomic E-state index is -3.35. The number of amides is 1. The van der Waals surface area contributed by atoms with Crippen molar-refractivity contribution in [2.24, 2.45) is 5.92 Å². The van der Waals surface area contributed by atoms with Crippen LogP contribution in [-0.4, -0.2) is 54.7 Å². The number of carbonyl (C=O) groups is 2. The molecule has 1 heterocycles. The van der Waals surface area contributed by atoms with E-state index >= 15 is 0 Å². The number of fused-ring (bicyclic) bond motifs is 1. The van der Waals surface area contributed by atoms with Crippen LogP contribution in [0.25, 0.3) is 11.0 Å². The molecule has 0 bridgehead atoms. The van der Waals surface area contributed by atoms with E-state index in [1.165, 1.54) is 7.11 Å². The third-order valence-corrected chi connectivity index (χ3v) is 5.87. The molecule has 0 aliphatic heterocycles. The maximum Gasteiger partial charge on any atom is 0.310 e. The van der Waals surface area contributed by atoms with Crippen LogP contribution < -0.4 is 0 Å². The Balaban J connectivity index is 1.93. The molecule has 0 radical (unpaired) electrons. The van der Waals surface area contributed by atoms with Crippen molar-refractivity contribution in [2.75, 3.05) is 19.9 Å². The second kappa shape index (κ2) is 9.95. The predicted octanol–water partition coefficient (Wildman–Crippen LogP) is 2.42. The number of methoxy groups -OCH3 is 1. The first-order valence-corrected chi connectivity index (χ1v) is 12.3. The monoisotopic (exact) mass is 457 g/mol. The Morgan fingerprint density at radius 3 is 2.41 bits per heavy atom. The third kappa shape index (κ3) is 5.94. The molecule has 0 saturated carbocycles. The van der Waals surface area contributed by atoms with Crippen molar-refractivity contribution in [1.29, 1.82) is 0 Å². The summed E-state index contributed by atoms with van der Waals surface area (Å²) in [7, 11) is -2.04. The smallest absolute Gasteiger partial charge is 0.310 e. The Hall–Kier alpha value is -3.20. The zero-order valence-corrected chi connectivity index (χ0v) is 19.2. The lowest BCUT2D eigenvalue weighted by Gasteiger charge is -2.26. The van der Waals surface area contributed by atoms with Crippen molar-refractivity contribution in [1.82, 2.24) is 14.5 Å². The summed E-state index contributed by atoms with van der Waals surface area (Å²) in [6.07, 6.45) is 1.14. The van der Waals surface area contributed by atoms with E-state index in [2.05, 4.69) is 4.98 Å². The van der Waals surface area contributed by atoms with Crippen LogP contribution in [0, 0.1) is 5.92 Å². The van der Waals surface area contributed by atoms with Gasteiger partial charge in [0.15, 0.2) is 9.84 Å². The maximum atomic E-state index is 13.4. The summed E-state index contributed by atoms with van der Waals surface area (Å²) >= 11 is 0. The summed E-state index contributed by atoms with van der Waals surface area (Å²) in [6, 6.07) is 16.7. The van der Waals surface area contributed by atoms with E-state index in [1.54, 1.807) is 28.5 Å². The second-order valence-electron chi connectivity index (χ2n) is 7.86. The van der Waals surface area contributed by atoms with Crippen LogP contribution in [0.2, 0.25) is 0 Å². The van der Waals surface area contributed by atoms with Crippen molar-refractivity contribution in [3.05, 3.63) is 66.0 Å². The lowest BCUT2D eigenvalue weighted by molar-refractivity contribution is -0.146. The molecule has 3 rings (SSSR count). The number of carbonyl (C=O) groups excluding carboxylic acids is 2. The minimum absolute atomic E-state index is 0.0912. The number of ether oxygens (including phenoxy) is 1. The van der Waals surface area contributed by atoms with Crippen LogP contribution in [0.5, 0.6) is 0 Å². The lowest BCUT2D eigenvalue weighted by Crippen LogP contribution is -2.39. The lowest BCUT2D eigenvalue weighted by atomic mass is 10.1. The fourth-order valence-corrected chi connectivity index (χ4v) is 4.24. The molecule has 9 heteroatoms. The standard InChI is InChI=1S/C23H27N3O5S/c1-17(23(28)31-2)13-25(14-18-9-5-4-6-10-18)22(27)15-26-20-12-8-7-11-19(20)24-21(26)16-32(3,29)30/h4-12,17H,13-16H2,1-3H3. The highest BCUT2D eigenvalue weighted by Gasteiger charge is 2.24. The summed E-state index contributed by atoms with van der Waals surface area (Å²) in [5.41, 5.74) is 2.22. The first-order chi connectivity index (χ1) is 15.2. The molecule has 2 aromatic carbocycles. The molecule has 1 unspecified atom stereocenters. The Morgan fingerprint density at radius 2 is 1.75 bits per heavy atom. The van der Waals surface area contributed by atoms with Crippen LogP contribution in [-0.2, 0) is 43.0 Å². The summed E-state index contributed by atoms with van der Waals surface area (Å²) in [6.45, 7) is 2.11. The van der Waals surface area contributed by atoms with Gasteiger partial charge in [0.2, 0.25) is 5.91 Å². The van der Waals surface area contributed by atoms with Gasteiger partial charge in [-0.1, -0.05) is 49.4 Å². The average molecular weight is 458 g/mol. The van der Waals surface area contributed by atoms with Gasteiger partial charge >= 0.3 is 5.97 Å². The van der Waals surface area contributed by atoms with Crippen LogP contribution in [0.15, 0.2) is 54.6 Å². The van der Waals surface area contributed by atoms with Crippen LogP contribution in [0.1, 0.15) is 18.3 Å². The molecule has 8 nitrogen and oxygen atoms in total. The highest BCUT2D eigenvalue weighted by atomic mass is 32.2. The van der Waals surface area contributed by atoms with Crippen molar-refractivity contribution in [3.8, 4) is 0 Å². The van der Waals surface area contributed by atoms with E-state index in [0.29, 0.717) is 23.4 Å². The number of para-hydroxylation sites is 2. The number of hydrogen-bond acceptors (Lipinski definition) is 6. The number of sulfone groups is 1. The molecule has 0 aliphatic rings.